The van der Waals surface area contributed by atoms with E-state index in [-0.39, 0.29) is 16.4 Å². The SMILES string of the molecule is O=S1(=O)N=C(Nc2cc(C(F)(F)F)ccc2N2CCCCC2)c2ccccc21. The Morgan fingerprint density at radius 3 is 2.43 bits per heavy atom. The van der Waals surface area contributed by atoms with E-state index in [9.17, 15) is 21.6 Å². The van der Waals surface area contributed by atoms with Crippen LogP contribution in [0.2, 0.25) is 0 Å². The summed E-state index contributed by atoms with van der Waals surface area (Å²) in [6, 6.07) is 9.76. The van der Waals surface area contributed by atoms with Crippen LogP contribution in [-0.2, 0) is 16.2 Å². The Morgan fingerprint density at radius 2 is 1.71 bits per heavy atom. The van der Waals surface area contributed by atoms with Crippen LogP contribution in [0.4, 0.5) is 24.5 Å². The van der Waals surface area contributed by atoms with E-state index in [0.717, 1.165) is 44.5 Å². The van der Waals surface area contributed by atoms with Crippen molar-refractivity contribution >= 4 is 27.2 Å². The summed E-state index contributed by atoms with van der Waals surface area (Å²) in [5, 5.41) is 2.86. The van der Waals surface area contributed by atoms with Gasteiger partial charge >= 0.3 is 6.18 Å². The number of halogens is 3. The van der Waals surface area contributed by atoms with Crippen LogP contribution in [0.3, 0.4) is 0 Å². The fourth-order valence-electron chi connectivity index (χ4n) is 3.55. The van der Waals surface area contributed by atoms with E-state index in [2.05, 4.69) is 9.71 Å². The van der Waals surface area contributed by atoms with Crippen molar-refractivity contribution in [2.75, 3.05) is 23.3 Å². The average Bonchev–Trinajstić information content (AvgIpc) is 2.92. The first kappa shape index (κ1) is 18.8. The molecule has 2 aliphatic rings. The molecule has 0 radical (unpaired) electrons. The van der Waals surface area contributed by atoms with Crippen LogP contribution in [-0.4, -0.2) is 27.3 Å². The monoisotopic (exact) mass is 409 g/mol. The molecule has 4 rings (SSSR count). The average molecular weight is 409 g/mol. The molecule has 2 aromatic rings. The van der Waals surface area contributed by atoms with Crippen LogP contribution in [0.5, 0.6) is 0 Å². The number of fused-ring (bicyclic) bond motifs is 1. The molecule has 1 fully saturated rings. The summed E-state index contributed by atoms with van der Waals surface area (Å²) in [6.45, 7) is 1.48. The lowest BCUT2D eigenvalue weighted by atomic mass is 10.1. The molecule has 28 heavy (non-hydrogen) atoms. The molecular formula is C19H18F3N3O2S. The van der Waals surface area contributed by atoms with E-state index in [1.165, 1.54) is 12.1 Å². The van der Waals surface area contributed by atoms with Crippen LogP contribution >= 0.6 is 0 Å². The molecule has 0 aliphatic carbocycles. The molecule has 2 heterocycles. The van der Waals surface area contributed by atoms with Crippen molar-refractivity contribution in [3.05, 3.63) is 53.6 Å². The van der Waals surface area contributed by atoms with E-state index >= 15 is 0 Å². The zero-order valence-electron chi connectivity index (χ0n) is 14.8. The van der Waals surface area contributed by atoms with E-state index in [0.29, 0.717) is 11.3 Å². The predicted octanol–water partition coefficient (Wildman–Crippen LogP) is 4.26. The standard InChI is InChI=1S/C19H18F3N3O2S/c20-19(21,22)13-8-9-16(25-10-4-1-5-11-25)15(12-13)23-18-14-6-2-3-7-17(14)28(26,27)24-18/h2-3,6-9,12H,1,4-5,10-11H2,(H,23,24). The first-order valence-electron chi connectivity index (χ1n) is 8.93. The Morgan fingerprint density at radius 1 is 1.00 bits per heavy atom. The number of anilines is 2. The van der Waals surface area contributed by atoms with Crippen LogP contribution in [0, 0.1) is 0 Å². The number of alkyl halides is 3. The third-order valence-corrected chi connectivity index (χ3v) is 6.24. The van der Waals surface area contributed by atoms with Crippen molar-refractivity contribution in [1.29, 1.82) is 0 Å². The van der Waals surface area contributed by atoms with Crippen LogP contribution in [0.1, 0.15) is 30.4 Å². The summed E-state index contributed by atoms with van der Waals surface area (Å²) < 4.78 is 68.0. The Labute approximate surface area is 160 Å². The van der Waals surface area contributed by atoms with Gasteiger partial charge in [0.2, 0.25) is 0 Å². The molecule has 0 amide bonds. The third kappa shape index (κ3) is 3.46. The van der Waals surface area contributed by atoms with Gasteiger partial charge in [-0.3, -0.25) is 0 Å². The quantitative estimate of drug-likeness (QED) is 0.805. The number of amidine groups is 1. The first-order valence-corrected chi connectivity index (χ1v) is 10.4. The van der Waals surface area contributed by atoms with Gasteiger partial charge in [0, 0.05) is 18.7 Å². The highest BCUT2D eigenvalue weighted by Crippen LogP contribution is 2.37. The van der Waals surface area contributed by atoms with Gasteiger partial charge in [-0.25, -0.2) is 0 Å². The Balaban J connectivity index is 1.78. The van der Waals surface area contributed by atoms with Crippen LogP contribution in [0.15, 0.2) is 51.8 Å². The van der Waals surface area contributed by atoms with E-state index in [4.69, 9.17) is 0 Å². The molecule has 2 aliphatic heterocycles. The fourth-order valence-corrected chi connectivity index (χ4v) is 4.72. The molecule has 9 heteroatoms. The summed E-state index contributed by atoms with van der Waals surface area (Å²) in [5.41, 5.74) is 0.356. The van der Waals surface area contributed by atoms with Gasteiger partial charge in [-0.1, -0.05) is 12.1 Å². The minimum absolute atomic E-state index is 0.0354. The Kier molecular flexibility index (Phi) is 4.57. The van der Waals surface area contributed by atoms with Gasteiger partial charge in [0.05, 0.1) is 16.9 Å². The van der Waals surface area contributed by atoms with Crippen molar-refractivity contribution in [2.45, 2.75) is 30.3 Å². The molecule has 2 aromatic carbocycles. The predicted molar refractivity (Wildman–Crippen MR) is 101 cm³/mol. The van der Waals surface area contributed by atoms with Crippen molar-refractivity contribution in [3.8, 4) is 0 Å². The maximum Gasteiger partial charge on any atom is 0.416 e. The molecule has 0 spiro atoms. The molecule has 5 nitrogen and oxygen atoms in total. The van der Waals surface area contributed by atoms with E-state index in [1.807, 2.05) is 4.90 Å². The topological polar surface area (TPSA) is 61.8 Å². The molecule has 0 saturated carbocycles. The first-order chi connectivity index (χ1) is 13.3. The zero-order valence-corrected chi connectivity index (χ0v) is 15.6. The van der Waals surface area contributed by atoms with Crippen molar-refractivity contribution in [1.82, 2.24) is 0 Å². The number of benzene rings is 2. The second-order valence-electron chi connectivity index (χ2n) is 6.81. The Bertz CT molecular complexity index is 1040. The summed E-state index contributed by atoms with van der Waals surface area (Å²) in [7, 11) is -3.86. The highest BCUT2D eigenvalue weighted by atomic mass is 32.2. The molecule has 0 unspecified atom stereocenters. The third-order valence-electron chi connectivity index (χ3n) is 4.91. The molecule has 0 atom stereocenters. The largest absolute Gasteiger partial charge is 0.416 e. The lowest BCUT2D eigenvalue weighted by molar-refractivity contribution is -0.137. The number of sulfonamides is 1. The summed E-state index contributed by atoms with van der Waals surface area (Å²) in [6.07, 6.45) is -1.51. The van der Waals surface area contributed by atoms with Crippen molar-refractivity contribution in [2.24, 2.45) is 4.40 Å². The minimum Gasteiger partial charge on any atom is -0.370 e. The second kappa shape index (κ2) is 6.80. The van der Waals surface area contributed by atoms with Crippen molar-refractivity contribution in [3.63, 3.8) is 0 Å². The fraction of sp³-hybridized carbons (Fsp3) is 0.316. The number of piperidine rings is 1. The number of hydrogen-bond acceptors (Lipinski definition) is 4. The number of nitrogens with one attached hydrogen (secondary N) is 1. The number of nitrogens with zero attached hydrogens (tertiary/aromatic N) is 2. The number of rotatable bonds is 2. The maximum atomic E-state index is 13.2. The van der Waals surface area contributed by atoms with E-state index < -0.39 is 21.8 Å². The summed E-state index contributed by atoms with van der Waals surface area (Å²) >= 11 is 0. The van der Waals surface area contributed by atoms with Gasteiger partial charge in [-0.05, 0) is 49.6 Å². The molecule has 0 bridgehead atoms. The maximum absolute atomic E-state index is 13.2. The Hall–Kier alpha value is -2.55. The minimum atomic E-state index is -4.50. The smallest absolute Gasteiger partial charge is 0.370 e. The van der Waals surface area contributed by atoms with E-state index in [1.54, 1.807) is 18.2 Å². The van der Waals surface area contributed by atoms with Gasteiger partial charge in [0.1, 0.15) is 4.90 Å². The lowest BCUT2D eigenvalue weighted by Crippen LogP contribution is -2.30. The normalized spacial score (nSPS) is 18.5. The van der Waals surface area contributed by atoms with Crippen molar-refractivity contribution < 1.29 is 21.6 Å². The highest BCUT2D eigenvalue weighted by molar-refractivity contribution is 7.90. The van der Waals surface area contributed by atoms with Gasteiger partial charge in [-0.2, -0.15) is 21.6 Å². The molecule has 0 aromatic heterocycles. The summed E-state index contributed by atoms with van der Waals surface area (Å²) in [5.74, 6) is 0.0354. The number of hydrogen-bond donors (Lipinski definition) is 1. The van der Waals surface area contributed by atoms with Gasteiger partial charge in [0.25, 0.3) is 10.0 Å². The van der Waals surface area contributed by atoms with Crippen LogP contribution < -0.4 is 10.2 Å². The van der Waals surface area contributed by atoms with Gasteiger partial charge in [0.15, 0.2) is 5.84 Å². The zero-order chi connectivity index (χ0) is 19.9. The van der Waals surface area contributed by atoms with Gasteiger partial charge < -0.3 is 10.2 Å². The molecule has 1 N–H and O–H groups in total. The molecular weight excluding hydrogens is 391 g/mol. The lowest BCUT2D eigenvalue weighted by Gasteiger charge is -2.31. The molecule has 148 valence electrons. The van der Waals surface area contributed by atoms with Crippen LogP contribution in [0.25, 0.3) is 0 Å². The van der Waals surface area contributed by atoms with Gasteiger partial charge in [-0.15, -0.1) is 4.40 Å². The highest BCUT2D eigenvalue weighted by Gasteiger charge is 2.33. The molecule has 1 saturated heterocycles. The second-order valence-corrected chi connectivity index (χ2v) is 8.39. The summed E-state index contributed by atoms with van der Waals surface area (Å²) in [4.78, 5) is 2.06.